The van der Waals surface area contributed by atoms with E-state index in [1.54, 1.807) is 0 Å². The quantitative estimate of drug-likeness (QED) is 0.779. The number of carbonyl (C=O) groups is 1. The molecule has 0 aliphatic heterocycles. The fourth-order valence-electron chi connectivity index (χ4n) is 1.40. The van der Waals surface area contributed by atoms with E-state index in [0.29, 0.717) is 18.8 Å². The van der Waals surface area contributed by atoms with Crippen molar-refractivity contribution in [2.24, 2.45) is 0 Å². The summed E-state index contributed by atoms with van der Waals surface area (Å²) in [5, 5.41) is 11.1. The van der Waals surface area contributed by atoms with E-state index in [0.717, 1.165) is 11.4 Å². The molecule has 102 valence electrons. The zero-order chi connectivity index (χ0) is 14.1. The van der Waals surface area contributed by atoms with E-state index >= 15 is 0 Å². The summed E-state index contributed by atoms with van der Waals surface area (Å²) in [7, 11) is 0. The number of nitriles is 1. The van der Waals surface area contributed by atoms with Crippen molar-refractivity contribution in [1.29, 1.82) is 5.26 Å². The van der Waals surface area contributed by atoms with Crippen molar-refractivity contribution in [3.05, 3.63) is 24.3 Å². The second-order valence-corrected chi connectivity index (χ2v) is 5.32. The molecule has 1 rings (SSSR count). The van der Waals surface area contributed by atoms with Crippen LogP contribution in [0.4, 0.5) is 5.69 Å². The van der Waals surface area contributed by atoms with Crippen molar-refractivity contribution in [1.82, 2.24) is 0 Å². The molecule has 0 heterocycles. The first-order valence-corrected chi connectivity index (χ1v) is 7.24. The fourth-order valence-corrected chi connectivity index (χ4v) is 2.18. The Hall–Kier alpha value is -1.67. The molecule has 1 atom stereocenters. The minimum atomic E-state index is -0.167. The first kappa shape index (κ1) is 15.4. The zero-order valence-electron chi connectivity index (χ0n) is 11.2. The van der Waals surface area contributed by atoms with Crippen LogP contribution >= 0.6 is 11.8 Å². The van der Waals surface area contributed by atoms with Gasteiger partial charge in [-0.15, -0.1) is 11.8 Å². The van der Waals surface area contributed by atoms with Gasteiger partial charge in [-0.25, -0.2) is 0 Å². The molecule has 0 aliphatic carbocycles. The van der Waals surface area contributed by atoms with Gasteiger partial charge in [0.2, 0.25) is 5.91 Å². The molecule has 4 nitrogen and oxygen atoms in total. The molecule has 1 amide bonds. The van der Waals surface area contributed by atoms with Gasteiger partial charge in [0, 0.05) is 17.9 Å². The van der Waals surface area contributed by atoms with Gasteiger partial charge in [0.15, 0.2) is 0 Å². The van der Waals surface area contributed by atoms with E-state index in [-0.39, 0.29) is 11.2 Å². The molecule has 19 heavy (non-hydrogen) atoms. The predicted octanol–water partition coefficient (Wildman–Crippen LogP) is 3.06. The lowest BCUT2D eigenvalue weighted by atomic mass is 10.3. The van der Waals surface area contributed by atoms with E-state index in [1.807, 2.05) is 38.1 Å². The first-order valence-electron chi connectivity index (χ1n) is 6.19. The molecule has 0 saturated heterocycles. The highest BCUT2D eigenvalue weighted by atomic mass is 32.2. The van der Waals surface area contributed by atoms with Crippen LogP contribution in [0.25, 0.3) is 0 Å². The monoisotopic (exact) mass is 278 g/mol. The first-order chi connectivity index (χ1) is 9.17. The number of ether oxygens (including phenoxy) is 1. The number of benzene rings is 1. The van der Waals surface area contributed by atoms with Crippen molar-refractivity contribution < 1.29 is 9.53 Å². The molecule has 0 bridgehead atoms. The number of nitrogens with one attached hydrogen (secondary N) is 1. The van der Waals surface area contributed by atoms with Crippen molar-refractivity contribution in [3.8, 4) is 11.8 Å². The van der Waals surface area contributed by atoms with Gasteiger partial charge in [0.05, 0.1) is 17.9 Å². The number of hydrogen-bond acceptors (Lipinski definition) is 4. The molecule has 0 fully saturated rings. The second-order valence-electron chi connectivity index (χ2n) is 3.87. The largest absolute Gasteiger partial charge is 0.494 e. The third kappa shape index (κ3) is 5.66. The van der Waals surface area contributed by atoms with Crippen LogP contribution in [0.1, 0.15) is 20.3 Å². The Morgan fingerprint density at radius 2 is 2.16 bits per heavy atom. The molecule has 0 aliphatic rings. The van der Waals surface area contributed by atoms with Gasteiger partial charge < -0.3 is 10.1 Å². The zero-order valence-corrected chi connectivity index (χ0v) is 12.0. The Labute approximate surface area is 118 Å². The molecule has 0 saturated carbocycles. The van der Waals surface area contributed by atoms with Gasteiger partial charge in [-0.05, 0) is 38.1 Å². The summed E-state index contributed by atoms with van der Waals surface area (Å²) in [4.78, 5) is 11.9. The summed E-state index contributed by atoms with van der Waals surface area (Å²) >= 11 is 1.48. The van der Waals surface area contributed by atoms with Crippen LogP contribution in [0, 0.1) is 11.3 Å². The molecule has 0 radical (unpaired) electrons. The van der Waals surface area contributed by atoms with Crippen LogP contribution in [-0.4, -0.2) is 23.5 Å². The predicted molar refractivity (Wildman–Crippen MR) is 78.4 cm³/mol. The third-order valence-electron chi connectivity index (χ3n) is 2.38. The minimum Gasteiger partial charge on any atom is -0.494 e. The van der Waals surface area contributed by atoms with E-state index in [9.17, 15) is 4.79 Å². The number of anilines is 1. The molecule has 5 heteroatoms. The number of thioether (sulfide) groups is 1. The molecule has 0 spiro atoms. The summed E-state index contributed by atoms with van der Waals surface area (Å²) in [6.07, 6.45) is 0.464. The highest BCUT2D eigenvalue weighted by molar-refractivity contribution is 8.00. The van der Waals surface area contributed by atoms with Gasteiger partial charge in [0.1, 0.15) is 5.75 Å². The standard InChI is InChI=1S/C14H18N2O2S/c1-3-18-13-7-5-12(6-8-13)16-14(17)11(2)19-10-4-9-15/h5-8,11H,3-4,10H2,1-2H3,(H,16,17). The van der Waals surface area contributed by atoms with Gasteiger partial charge in [0.25, 0.3) is 0 Å². The maximum Gasteiger partial charge on any atom is 0.237 e. The molecule has 1 aromatic rings. The Morgan fingerprint density at radius 1 is 1.47 bits per heavy atom. The molecular formula is C14H18N2O2S. The molecule has 1 aromatic carbocycles. The van der Waals surface area contributed by atoms with Crippen molar-refractivity contribution in [2.45, 2.75) is 25.5 Å². The average molecular weight is 278 g/mol. The molecular weight excluding hydrogens is 260 g/mol. The van der Waals surface area contributed by atoms with Gasteiger partial charge in [-0.1, -0.05) is 0 Å². The Kier molecular flexibility index (Phi) is 6.83. The molecule has 0 aromatic heterocycles. The Bertz CT molecular complexity index is 440. The number of carbonyl (C=O) groups excluding carboxylic acids is 1. The van der Waals surface area contributed by atoms with Crippen LogP contribution in [0.15, 0.2) is 24.3 Å². The van der Waals surface area contributed by atoms with Crippen LogP contribution in [0.5, 0.6) is 5.75 Å². The van der Waals surface area contributed by atoms with E-state index in [1.165, 1.54) is 11.8 Å². The topological polar surface area (TPSA) is 62.1 Å². The highest BCUT2D eigenvalue weighted by Crippen LogP contribution is 2.18. The van der Waals surface area contributed by atoms with Gasteiger partial charge in [-0.3, -0.25) is 4.79 Å². The lowest BCUT2D eigenvalue weighted by Crippen LogP contribution is -2.22. The molecule has 1 N–H and O–H groups in total. The highest BCUT2D eigenvalue weighted by Gasteiger charge is 2.13. The number of rotatable bonds is 7. The number of hydrogen-bond donors (Lipinski definition) is 1. The summed E-state index contributed by atoms with van der Waals surface area (Å²) < 4.78 is 5.33. The smallest absolute Gasteiger partial charge is 0.237 e. The van der Waals surface area contributed by atoms with Crippen molar-refractivity contribution in [2.75, 3.05) is 17.7 Å². The summed E-state index contributed by atoms with van der Waals surface area (Å²) in [5.74, 6) is 1.41. The maximum absolute atomic E-state index is 11.9. The van der Waals surface area contributed by atoms with Crippen molar-refractivity contribution in [3.63, 3.8) is 0 Å². The number of amides is 1. The van der Waals surface area contributed by atoms with Gasteiger partial charge in [-0.2, -0.15) is 5.26 Å². The summed E-state index contributed by atoms with van der Waals surface area (Å²) in [6, 6.07) is 9.35. The fraction of sp³-hybridized carbons (Fsp3) is 0.429. The maximum atomic E-state index is 11.9. The Morgan fingerprint density at radius 3 is 2.74 bits per heavy atom. The van der Waals surface area contributed by atoms with Crippen LogP contribution in [-0.2, 0) is 4.79 Å². The number of nitrogens with zero attached hydrogens (tertiary/aromatic N) is 1. The summed E-state index contributed by atoms with van der Waals surface area (Å²) in [6.45, 7) is 4.39. The van der Waals surface area contributed by atoms with E-state index < -0.39 is 0 Å². The van der Waals surface area contributed by atoms with Crippen LogP contribution in [0.2, 0.25) is 0 Å². The average Bonchev–Trinajstić information content (AvgIpc) is 2.41. The van der Waals surface area contributed by atoms with Crippen LogP contribution < -0.4 is 10.1 Å². The lowest BCUT2D eigenvalue weighted by molar-refractivity contribution is -0.115. The van der Waals surface area contributed by atoms with Crippen molar-refractivity contribution >= 4 is 23.4 Å². The SMILES string of the molecule is CCOc1ccc(NC(=O)C(C)SCCC#N)cc1. The van der Waals surface area contributed by atoms with E-state index in [4.69, 9.17) is 10.00 Å². The lowest BCUT2D eigenvalue weighted by Gasteiger charge is -2.11. The van der Waals surface area contributed by atoms with Gasteiger partial charge >= 0.3 is 0 Å². The third-order valence-corrected chi connectivity index (χ3v) is 3.54. The second kappa shape index (κ2) is 8.44. The van der Waals surface area contributed by atoms with E-state index in [2.05, 4.69) is 11.4 Å². The Balaban J connectivity index is 2.45. The normalized spacial score (nSPS) is 11.4. The summed E-state index contributed by atoms with van der Waals surface area (Å²) in [5.41, 5.74) is 0.751. The van der Waals surface area contributed by atoms with Crippen LogP contribution in [0.3, 0.4) is 0 Å². The molecule has 1 unspecified atom stereocenters. The minimum absolute atomic E-state index is 0.0490.